The van der Waals surface area contributed by atoms with Crippen molar-refractivity contribution in [2.75, 3.05) is 11.4 Å². The summed E-state index contributed by atoms with van der Waals surface area (Å²) in [6.07, 6.45) is 3.67. The zero-order chi connectivity index (χ0) is 18.7. The first-order valence-electron chi connectivity index (χ1n) is 8.64. The molecule has 0 bridgehead atoms. The van der Waals surface area contributed by atoms with Crippen LogP contribution in [-0.4, -0.2) is 17.4 Å². The lowest BCUT2D eigenvalue weighted by Gasteiger charge is -2.25. The molecule has 0 aliphatic rings. The van der Waals surface area contributed by atoms with Crippen LogP contribution in [0.15, 0.2) is 48.7 Å². The fourth-order valence-electron chi connectivity index (χ4n) is 3.07. The molecule has 26 heavy (non-hydrogen) atoms. The van der Waals surface area contributed by atoms with Gasteiger partial charge in [-0.15, -0.1) is 0 Å². The standard InChI is InChI=1S/C21H20Cl2N2O/c1-3-4-11-25(14(2)26)20-13-24-19-10-9-15(22)12-17(19)21(20)16-7-5-6-8-18(16)23/h5-10,12-13H,3-4,11H2,1-2H3. The number of hydrogen-bond acceptors (Lipinski definition) is 2. The molecule has 5 heteroatoms. The fourth-order valence-corrected chi connectivity index (χ4v) is 3.47. The van der Waals surface area contributed by atoms with E-state index in [1.807, 2.05) is 42.5 Å². The predicted octanol–water partition coefficient (Wildman–Crippen LogP) is 6.36. The second-order valence-corrected chi connectivity index (χ2v) is 7.03. The van der Waals surface area contributed by atoms with Gasteiger partial charge in [0.25, 0.3) is 0 Å². The number of unbranched alkanes of at least 4 members (excludes halogenated alkanes) is 1. The van der Waals surface area contributed by atoms with Gasteiger partial charge >= 0.3 is 0 Å². The molecule has 0 spiro atoms. The Morgan fingerprint density at radius 2 is 1.92 bits per heavy atom. The van der Waals surface area contributed by atoms with E-state index in [-0.39, 0.29) is 5.91 Å². The second-order valence-electron chi connectivity index (χ2n) is 6.18. The first kappa shape index (κ1) is 18.7. The maximum Gasteiger partial charge on any atom is 0.223 e. The Balaban J connectivity index is 2.34. The number of amides is 1. The molecule has 2 aromatic carbocycles. The molecule has 3 nitrogen and oxygen atoms in total. The lowest BCUT2D eigenvalue weighted by atomic mass is 9.98. The van der Waals surface area contributed by atoms with Crippen LogP contribution in [0.1, 0.15) is 26.7 Å². The quantitative estimate of drug-likeness (QED) is 0.510. The highest BCUT2D eigenvalue weighted by Crippen LogP contribution is 2.40. The third-order valence-electron chi connectivity index (χ3n) is 4.36. The monoisotopic (exact) mass is 386 g/mol. The van der Waals surface area contributed by atoms with Crippen LogP contribution >= 0.6 is 23.2 Å². The number of carbonyl (C=O) groups excluding carboxylic acids is 1. The van der Waals surface area contributed by atoms with Crippen molar-refractivity contribution in [2.24, 2.45) is 0 Å². The first-order chi connectivity index (χ1) is 12.5. The number of anilines is 1. The van der Waals surface area contributed by atoms with Gasteiger partial charge in [0.1, 0.15) is 0 Å². The minimum Gasteiger partial charge on any atom is -0.311 e. The van der Waals surface area contributed by atoms with Crippen molar-refractivity contribution in [2.45, 2.75) is 26.7 Å². The summed E-state index contributed by atoms with van der Waals surface area (Å²) >= 11 is 12.8. The van der Waals surface area contributed by atoms with Gasteiger partial charge in [-0.25, -0.2) is 0 Å². The number of aromatic nitrogens is 1. The molecular formula is C21H20Cl2N2O. The number of pyridine rings is 1. The van der Waals surface area contributed by atoms with Gasteiger partial charge in [-0.3, -0.25) is 9.78 Å². The van der Waals surface area contributed by atoms with Gasteiger partial charge in [0.15, 0.2) is 0 Å². The van der Waals surface area contributed by atoms with Crippen molar-refractivity contribution in [1.82, 2.24) is 4.98 Å². The Bertz CT molecular complexity index is 956. The predicted molar refractivity (Wildman–Crippen MR) is 110 cm³/mol. The van der Waals surface area contributed by atoms with Crippen molar-refractivity contribution >= 4 is 45.7 Å². The molecule has 0 aliphatic carbocycles. The maximum atomic E-state index is 12.4. The van der Waals surface area contributed by atoms with Crippen LogP contribution < -0.4 is 4.90 Å². The van der Waals surface area contributed by atoms with Crippen LogP contribution in [0.3, 0.4) is 0 Å². The van der Waals surface area contributed by atoms with E-state index in [1.165, 1.54) is 0 Å². The van der Waals surface area contributed by atoms with Crippen molar-refractivity contribution in [3.8, 4) is 11.1 Å². The number of fused-ring (bicyclic) bond motifs is 1. The fraction of sp³-hybridized carbons (Fsp3) is 0.238. The molecule has 1 aromatic heterocycles. The molecule has 0 aliphatic heterocycles. The molecule has 0 saturated carbocycles. The molecule has 134 valence electrons. The summed E-state index contributed by atoms with van der Waals surface area (Å²) in [5.74, 6) is -0.0186. The molecule has 1 heterocycles. The zero-order valence-corrected chi connectivity index (χ0v) is 16.3. The molecule has 0 atom stereocenters. The highest BCUT2D eigenvalue weighted by molar-refractivity contribution is 6.34. The maximum absolute atomic E-state index is 12.4. The molecule has 3 rings (SSSR count). The molecule has 0 unspecified atom stereocenters. The van der Waals surface area contributed by atoms with Gasteiger partial charge in [-0.1, -0.05) is 54.7 Å². The third kappa shape index (κ3) is 3.69. The molecule has 0 fully saturated rings. The van der Waals surface area contributed by atoms with E-state index >= 15 is 0 Å². The summed E-state index contributed by atoms with van der Waals surface area (Å²) in [6.45, 7) is 4.32. The Hall–Kier alpha value is -2.10. The van der Waals surface area contributed by atoms with Gasteiger partial charge in [0.05, 0.1) is 17.4 Å². The van der Waals surface area contributed by atoms with Crippen molar-refractivity contribution < 1.29 is 4.79 Å². The zero-order valence-electron chi connectivity index (χ0n) is 14.8. The van der Waals surface area contributed by atoms with Gasteiger partial charge in [-0.05, 0) is 30.7 Å². The van der Waals surface area contributed by atoms with E-state index in [2.05, 4.69) is 11.9 Å². The minimum absolute atomic E-state index is 0.0186. The van der Waals surface area contributed by atoms with Crippen LogP contribution in [0.5, 0.6) is 0 Å². The SMILES string of the molecule is CCCCN(C(C)=O)c1cnc2ccc(Cl)cc2c1-c1ccccc1Cl. The average Bonchev–Trinajstić information content (AvgIpc) is 2.62. The molecule has 0 saturated heterocycles. The van der Waals surface area contributed by atoms with E-state index in [0.29, 0.717) is 16.6 Å². The Morgan fingerprint density at radius 1 is 1.15 bits per heavy atom. The Labute approximate surface area is 163 Å². The second kappa shape index (κ2) is 8.07. The Morgan fingerprint density at radius 3 is 2.62 bits per heavy atom. The normalized spacial score (nSPS) is 10.9. The van der Waals surface area contributed by atoms with Crippen molar-refractivity contribution in [1.29, 1.82) is 0 Å². The summed E-state index contributed by atoms with van der Waals surface area (Å²) in [5.41, 5.74) is 3.32. The van der Waals surface area contributed by atoms with Crippen LogP contribution in [0.25, 0.3) is 22.0 Å². The van der Waals surface area contributed by atoms with Crippen molar-refractivity contribution in [3.05, 3.63) is 58.7 Å². The highest BCUT2D eigenvalue weighted by Gasteiger charge is 2.20. The summed E-state index contributed by atoms with van der Waals surface area (Å²) in [6, 6.07) is 13.2. The molecule has 1 amide bonds. The van der Waals surface area contributed by atoms with Crippen LogP contribution in [0.2, 0.25) is 10.0 Å². The number of carbonyl (C=O) groups is 1. The number of rotatable bonds is 5. The summed E-state index contributed by atoms with van der Waals surface area (Å²) in [7, 11) is 0. The van der Waals surface area contributed by atoms with Gasteiger partial charge < -0.3 is 4.90 Å². The number of halogens is 2. The van der Waals surface area contributed by atoms with Crippen molar-refractivity contribution in [3.63, 3.8) is 0 Å². The van der Waals surface area contributed by atoms with E-state index in [1.54, 1.807) is 18.0 Å². The lowest BCUT2D eigenvalue weighted by Crippen LogP contribution is -2.30. The Kier molecular flexibility index (Phi) is 5.80. The van der Waals surface area contributed by atoms with E-state index in [0.717, 1.165) is 40.6 Å². The topological polar surface area (TPSA) is 33.2 Å². The highest BCUT2D eigenvalue weighted by atomic mass is 35.5. The van der Waals surface area contributed by atoms with E-state index in [9.17, 15) is 4.79 Å². The number of benzene rings is 2. The summed E-state index contributed by atoms with van der Waals surface area (Å²) < 4.78 is 0. The van der Waals surface area contributed by atoms with E-state index in [4.69, 9.17) is 23.2 Å². The summed E-state index contributed by atoms with van der Waals surface area (Å²) in [4.78, 5) is 18.7. The van der Waals surface area contributed by atoms with Gasteiger partial charge in [0, 0.05) is 40.0 Å². The smallest absolute Gasteiger partial charge is 0.223 e. The summed E-state index contributed by atoms with van der Waals surface area (Å²) in [5, 5.41) is 2.12. The number of hydrogen-bond donors (Lipinski definition) is 0. The number of nitrogens with zero attached hydrogens (tertiary/aromatic N) is 2. The lowest BCUT2D eigenvalue weighted by molar-refractivity contribution is -0.116. The van der Waals surface area contributed by atoms with Crippen LogP contribution in [0, 0.1) is 0 Å². The van der Waals surface area contributed by atoms with Gasteiger partial charge in [-0.2, -0.15) is 0 Å². The molecule has 3 aromatic rings. The van der Waals surface area contributed by atoms with Gasteiger partial charge in [0.2, 0.25) is 5.91 Å². The molecule has 0 N–H and O–H groups in total. The largest absolute Gasteiger partial charge is 0.311 e. The van der Waals surface area contributed by atoms with Crippen LogP contribution in [-0.2, 0) is 4.79 Å². The third-order valence-corrected chi connectivity index (χ3v) is 4.92. The first-order valence-corrected chi connectivity index (χ1v) is 9.39. The molecular weight excluding hydrogens is 367 g/mol. The molecule has 0 radical (unpaired) electrons. The minimum atomic E-state index is -0.0186. The van der Waals surface area contributed by atoms with E-state index < -0.39 is 0 Å². The average molecular weight is 387 g/mol. The van der Waals surface area contributed by atoms with Crippen LogP contribution in [0.4, 0.5) is 5.69 Å².